The molecule has 0 amide bonds. The molecule has 2 heterocycles. The normalized spacial score (nSPS) is 10.7. The molecule has 0 aliphatic carbocycles. The van der Waals surface area contributed by atoms with Gasteiger partial charge in [0.15, 0.2) is 6.61 Å². The van der Waals surface area contributed by atoms with Crippen LogP contribution in [0, 0.1) is 0 Å². The van der Waals surface area contributed by atoms with E-state index in [9.17, 15) is 0 Å². The monoisotopic (exact) mass is 276 g/mol. The molecule has 0 bridgehead atoms. The summed E-state index contributed by atoms with van der Waals surface area (Å²) in [5.41, 5.74) is 0.997. The Morgan fingerprint density at radius 1 is 1.20 bits per heavy atom. The van der Waals surface area contributed by atoms with Crippen LogP contribution in [0.2, 0.25) is 0 Å². The second kappa shape index (κ2) is 7.59. The van der Waals surface area contributed by atoms with Gasteiger partial charge in [-0.15, -0.1) is 10.2 Å². The molecule has 2 aromatic heterocycles. The van der Waals surface area contributed by atoms with Crippen LogP contribution in [0.25, 0.3) is 0 Å². The number of aryl methyl sites for hydroxylation is 1. The molecule has 0 aliphatic rings. The lowest BCUT2D eigenvalue weighted by Crippen LogP contribution is -2.14. The Hall–Kier alpha value is -1.95. The molecule has 2 aromatic rings. The van der Waals surface area contributed by atoms with Crippen molar-refractivity contribution < 1.29 is 9.15 Å². The van der Waals surface area contributed by atoms with E-state index < -0.39 is 0 Å². The van der Waals surface area contributed by atoms with E-state index in [0.29, 0.717) is 17.5 Å². The zero-order chi connectivity index (χ0) is 14.2. The summed E-state index contributed by atoms with van der Waals surface area (Å²) in [4.78, 5) is 4.33. The summed E-state index contributed by atoms with van der Waals surface area (Å²) < 4.78 is 10.9. The zero-order valence-electron chi connectivity index (χ0n) is 11.9. The molecule has 0 saturated carbocycles. The van der Waals surface area contributed by atoms with E-state index in [1.54, 1.807) is 6.20 Å². The molecule has 0 radical (unpaired) electrons. The molecular weight excluding hydrogens is 256 g/mol. The zero-order valence-corrected chi connectivity index (χ0v) is 11.9. The summed E-state index contributed by atoms with van der Waals surface area (Å²) >= 11 is 0. The van der Waals surface area contributed by atoms with E-state index in [1.807, 2.05) is 19.1 Å². The quantitative estimate of drug-likeness (QED) is 0.744. The third-order valence-electron chi connectivity index (χ3n) is 2.70. The number of aromatic nitrogens is 3. The highest BCUT2D eigenvalue weighted by atomic mass is 16.5. The Morgan fingerprint density at radius 3 is 2.70 bits per heavy atom. The van der Waals surface area contributed by atoms with Crippen LogP contribution in [0.3, 0.4) is 0 Å². The molecule has 0 unspecified atom stereocenters. The summed E-state index contributed by atoms with van der Waals surface area (Å²) in [7, 11) is 0. The van der Waals surface area contributed by atoms with Crippen molar-refractivity contribution in [3.05, 3.63) is 35.8 Å². The van der Waals surface area contributed by atoms with Crippen LogP contribution in [0.5, 0.6) is 5.75 Å². The molecule has 6 nitrogen and oxygen atoms in total. The van der Waals surface area contributed by atoms with Gasteiger partial charge in [-0.3, -0.25) is 4.98 Å². The first-order chi connectivity index (χ1) is 9.81. The van der Waals surface area contributed by atoms with Crippen LogP contribution < -0.4 is 10.1 Å². The molecule has 1 N–H and O–H groups in total. The van der Waals surface area contributed by atoms with Crippen LogP contribution in [0.1, 0.15) is 37.7 Å². The molecule has 2 rings (SSSR count). The van der Waals surface area contributed by atoms with Crippen LogP contribution in [0.15, 0.2) is 22.7 Å². The van der Waals surface area contributed by atoms with E-state index in [-0.39, 0.29) is 6.61 Å². The number of hydrogen-bond acceptors (Lipinski definition) is 6. The van der Waals surface area contributed by atoms with Gasteiger partial charge in [0.25, 0.3) is 5.89 Å². The van der Waals surface area contributed by atoms with Crippen molar-refractivity contribution >= 4 is 0 Å². The van der Waals surface area contributed by atoms with Gasteiger partial charge in [0.1, 0.15) is 5.75 Å². The van der Waals surface area contributed by atoms with E-state index >= 15 is 0 Å². The molecule has 20 heavy (non-hydrogen) atoms. The third-order valence-corrected chi connectivity index (χ3v) is 2.70. The minimum absolute atomic E-state index is 0.266. The second-order valence-corrected chi connectivity index (χ2v) is 4.39. The predicted octanol–water partition coefficient (Wildman–Crippen LogP) is 2.11. The maximum absolute atomic E-state index is 5.55. The number of hydrogen-bond donors (Lipinski definition) is 1. The molecule has 0 saturated heterocycles. The fraction of sp³-hybridized carbons (Fsp3) is 0.500. The summed E-state index contributed by atoms with van der Waals surface area (Å²) in [5.74, 6) is 1.80. The molecular formula is C14H20N4O2. The van der Waals surface area contributed by atoms with E-state index in [2.05, 4.69) is 27.4 Å². The highest BCUT2D eigenvalue weighted by Crippen LogP contribution is 2.11. The van der Waals surface area contributed by atoms with Gasteiger partial charge in [0.05, 0.1) is 11.9 Å². The van der Waals surface area contributed by atoms with Crippen molar-refractivity contribution in [3.8, 4) is 5.75 Å². The van der Waals surface area contributed by atoms with Gasteiger partial charge < -0.3 is 14.5 Å². The van der Waals surface area contributed by atoms with E-state index in [0.717, 1.165) is 31.6 Å². The smallest absolute Gasteiger partial charge is 0.253 e. The van der Waals surface area contributed by atoms with Gasteiger partial charge in [-0.25, -0.2) is 0 Å². The maximum Gasteiger partial charge on any atom is 0.253 e. The van der Waals surface area contributed by atoms with Crippen molar-refractivity contribution in [3.63, 3.8) is 0 Å². The van der Waals surface area contributed by atoms with Crippen LogP contribution >= 0.6 is 0 Å². The van der Waals surface area contributed by atoms with Crippen LogP contribution in [-0.2, 0) is 19.6 Å². The molecule has 6 heteroatoms. The number of pyridine rings is 1. The first-order valence-electron chi connectivity index (χ1n) is 6.91. The Kier molecular flexibility index (Phi) is 5.49. The molecule has 0 atom stereocenters. The molecule has 0 aliphatic heterocycles. The lowest BCUT2D eigenvalue weighted by atomic mass is 10.3. The molecule has 108 valence electrons. The predicted molar refractivity (Wildman–Crippen MR) is 74.2 cm³/mol. The topological polar surface area (TPSA) is 73.1 Å². The molecule has 0 spiro atoms. The fourth-order valence-electron chi connectivity index (χ4n) is 1.63. The molecule has 0 fully saturated rings. The lowest BCUT2D eigenvalue weighted by molar-refractivity contribution is 0.258. The summed E-state index contributed by atoms with van der Waals surface area (Å²) in [6, 6.07) is 3.84. The van der Waals surface area contributed by atoms with Gasteiger partial charge in [0.2, 0.25) is 5.89 Å². The standard InChI is InChI=1S/C14H20N4O2/c1-3-7-15-8-11-5-6-12(9-16-11)19-10-14-18-17-13(4-2)20-14/h5-6,9,15H,3-4,7-8,10H2,1-2H3. The van der Waals surface area contributed by atoms with Gasteiger partial charge in [-0.2, -0.15) is 0 Å². The van der Waals surface area contributed by atoms with Crippen molar-refractivity contribution in [1.29, 1.82) is 0 Å². The van der Waals surface area contributed by atoms with E-state index in [1.165, 1.54) is 0 Å². The minimum atomic E-state index is 0.266. The largest absolute Gasteiger partial charge is 0.482 e. The van der Waals surface area contributed by atoms with Crippen LogP contribution in [0.4, 0.5) is 0 Å². The van der Waals surface area contributed by atoms with Crippen molar-refractivity contribution in [1.82, 2.24) is 20.5 Å². The summed E-state index contributed by atoms with van der Waals surface area (Å²) in [6.07, 6.45) is 3.55. The average Bonchev–Trinajstić information content (AvgIpc) is 2.95. The Labute approximate surface area is 118 Å². The first-order valence-corrected chi connectivity index (χ1v) is 6.91. The SMILES string of the molecule is CCCNCc1ccc(OCc2nnc(CC)o2)cn1. The third kappa shape index (κ3) is 4.31. The number of rotatable bonds is 8. The minimum Gasteiger partial charge on any atom is -0.482 e. The van der Waals surface area contributed by atoms with Gasteiger partial charge >= 0.3 is 0 Å². The van der Waals surface area contributed by atoms with Crippen LogP contribution in [-0.4, -0.2) is 21.7 Å². The highest BCUT2D eigenvalue weighted by Gasteiger charge is 2.05. The number of nitrogens with one attached hydrogen (secondary N) is 1. The van der Waals surface area contributed by atoms with Crippen molar-refractivity contribution in [2.75, 3.05) is 6.54 Å². The molecule has 0 aromatic carbocycles. The Bertz CT molecular complexity index is 510. The van der Waals surface area contributed by atoms with Crippen molar-refractivity contribution in [2.24, 2.45) is 0 Å². The highest BCUT2D eigenvalue weighted by molar-refractivity contribution is 5.19. The van der Waals surface area contributed by atoms with E-state index in [4.69, 9.17) is 9.15 Å². The number of ether oxygens (including phenoxy) is 1. The van der Waals surface area contributed by atoms with Crippen molar-refractivity contribution in [2.45, 2.75) is 39.8 Å². The lowest BCUT2D eigenvalue weighted by Gasteiger charge is -2.05. The van der Waals surface area contributed by atoms with Gasteiger partial charge in [0, 0.05) is 13.0 Å². The Morgan fingerprint density at radius 2 is 2.05 bits per heavy atom. The first kappa shape index (κ1) is 14.5. The average molecular weight is 276 g/mol. The Balaban J connectivity index is 1.81. The maximum atomic E-state index is 5.55. The number of nitrogens with zero attached hydrogens (tertiary/aromatic N) is 3. The fourth-order valence-corrected chi connectivity index (χ4v) is 1.63. The van der Waals surface area contributed by atoms with Gasteiger partial charge in [-0.1, -0.05) is 13.8 Å². The summed E-state index contributed by atoms with van der Waals surface area (Å²) in [5, 5.41) is 11.1. The van der Waals surface area contributed by atoms with Gasteiger partial charge in [-0.05, 0) is 25.1 Å². The second-order valence-electron chi connectivity index (χ2n) is 4.39. The summed E-state index contributed by atoms with van der Waals surface area (Å²) in [6.45, 7) is 6.14.